The highest BCUT2D eigenvalue weighted by molar-refractivity contribution is 8.00. The highest BCUT2D eigenvalue weighted by Gasteiger charge is 2.08. The van der Waals surface area contributed by atoms with Crippen molar-refractivity contribution in [3.63, 3.8) is 0 Å². The van der Waals surface area contributed by atoms with Crippen LogP contribution in [-0.2, 0) is 4.79 Å². The molecule has 4 heteroatoms. The van der Waals surface area contributed by atoms with Crippen LogP contribution in [0, 0.1) is 13.8 Å². The molecule has 0 spiro atoms. The number of aliphatic hydroxyl groups excluding tert-OH is 1. The average Bonchev–Trinajstić information content (AvgIpc) is 2.30. The number of carbonyl (C=O) groups excluding carboxylic acids is 1. The number of rotatable bonds is 6. The predicted molar refractivity (Wildman–Crippen MR) is 75.9 cm³/mol. The third-order valence-electron chi connectivity index (χ3n) is 2.67. The van der Waals surface area contributed by atoms with Crippen molar-refractivity contribution >= 4 is 17.7 Å². The number of amides is 1. The van der Waals surface area contributed by atoms with E-state index in [2.05, 4.69) is 23.5 Å². The smallest absolute Gasteiger partial charge is 0.230 e. The van der Waals surface area contributed by atoms with E-state index in [0.717, 1.165) is 4.90 Å². The number of nitrogens with one attached hydrogen (secondary N) is 1. The van der Waals surface area contributed by atoms with Crippen LogP contribution in [0.25, 0.3) is 0 Å². The maximum atomic E-state index is 11.7. The second-order valence-corrected chi connectivity index (χ2v) is 5.56. The summed E-state index contributed by atoms with van der Waals surface area (Å²) in [6.07, 6.45) is 0.597. The number of aliphatic hydroxyl groups is 1. The van der Waals surface area contributed by atoms with Gasteiger partial charge in [0.15, 0.2) is 0 Å². The normalized spacial score (nSPS) is 12.2. The van der Waals surface area contributed by atoms with Crippen LogP contribution < -0.4 is 5.32 Å². The summed E-state index contributed by atoms with van der Waals surface area (Å²) in [6.45, 7) is 6.10. The van der Waals surface area contributed by atoms with Crippen LogP contribution in [0.4, 0.5) is 0 Å². The zero-order chi connectivity index (χ0) is 13.5. The van der Waals surface area contributed by atoms with Crippen molar-refractivity contribution in [2.75, 3.05) is 12.4 Å². The molecule has 1 aromatic rings. The van der Waals surface area contributed by atoms with Gasteiger partial charge in [0.2, 0.25) is 5.91 Å². The van der Waals surface area contributed by atoms with E-state index in [1.807, 2.05) is 20.8 Å². The maximum Gasteiger partial charge on any atom is 0.230 e. The van der Waals surface area contributed by atoms with Crippen LogP contribution in [0.5, 0.6) is 0 Å². The largest absolute Gasteiger partial charge is 0.396 e. The number of hydrogen-bond acceptors (Lipinski definition) is 3. The summed E-state index contributed by atoms with van der Waals surface area (Å²) >= 11 is 1.55. The summed E-state index contributed by atoms with van der Waals surface area (Å²) in [6, 6.07) is 6.28. The van der Waals surface area contributed by atoms with E-state index in [1.54, 1.807) is 11.8 Å². The van der Waals surface area contributed by atoms with Crippen molar-refractivity contribution < 1.29 is 9.90 Å². The minimum absolute atomic E-state index is 0.0156. The first-order valence-electron chi connectivity index (χ1n) is 6.13. The fourth-order valence-corrected chi connectivity index (χ4v) is 2.52. The molecule has 1 amide bonds. The third kappa shape index (κ3) is 5.10. The van der Waals surface area contributed by atoms with Crippen molar-refractivity contribution in [3.05, 3.63) is 29.3 Å². The Morgan fingerprint density at radius 2 is 2.17 bits per heavy atom. The fourth-order valence-electron chi connectivity index (χ4n) is 1.59. The highest BCUT2D eigenvalue weighted by Crippen LogP contribution is 2.23. The average molecular weight is 267 g/mol. The molecule has 0 saturated heterocycles. The molecule has 1 rings (SSSR count). The molecule has 0 aliphatic heterocycles. The van der Waals surface area contributed by atoms with E-state index in [4.69, 9.17) is 5.11 Å². The molecular weight excluding hydrogens is 246 g/mol. The molecule has 18 heavy (non-hydrogen) atoms. The van der Waals surface area contributed by atoms with Crippen molar-refractivity contribution in [1.82, 2.24) is 5.32 Å². The van der Waals surface area contributed by atoms with Gasteiger partial charge in [-0.2, -0.15) is 0 Å². The first-order valence-corrected chi connectivity index (χ1v) is 7.11. The number of thioether (sulfide) groups is 1. The Bertz CT molecular complexity index is 407. The molecule has 3 nitrogen and oxygen atoms in total. The molecule has 2 N–H and O–H groups in total. The summed E-state index contributed by atoms with van der Waals surface area (Å²) in [7, 11) is 0. The number of aryl methyl sites for hydroxylation is 2. The van der Waals surface area contributed by atoms with Gasteiger partial charge < -0.3 is 10.4 Å². The standard InChI is InChI=1S/C14H21NO2S/c1-10-4-5-11(2)13(8-10)18-9-14(17)15-12(3)6-7-16/h4-5,8,12,16H,6-7,9H2,1-3H3,(H,15,17). The van der Waals surface area contributed by atoms with Crippen LogP contribution in [0.3, 0.4) is 0 Å². The minimum Gasteiger partial charge on any atom is -0.396 e. The monoisotopic (exact) mass is 267 g/mol. The molecule has 100 valence electrons. The summed E-state index contributed by atoms with van der Waals surface area (Å²) < 4.78 is 0. The molecular formula is C14H21NO2S. The lowest BCUT2D eigenvalue weighted by Crippen LogP contribution is -2.34. The SMILES string of the molecule is Cc1ccc(C)c(SCC(=O)NC(C)CCO)c1. The Kier molecular flexibility index (Phi) is 6.22. The van der Waals surface area contributed by atoms with Crippen molar-refractivity contribution in [1.29, 1.82) is 0 Å². The van der Waals surface area contributed by atoms with Crippen LogP contribution in [0.1, 0.15) is 24.5 Å². The molecule has 0 aromatic heterocycles. The van der Waals surface area contributed by atoms with Gasteiger partial charge in [-0.1, -0.05) is 17.7 Å². The first kappa shape index (κ1) is 15.1. The zero-order valence-corrected chi connectivity index (χ0v) is 12.0. The van der Waals surface area contributed by atoms with Crippen LogP contribution in [-0.4, -0.2) is 29.4 Å². The Balaban J connectivity index is 2.45. The molecule has 0 bridgehead atoms. The quantitative estimate of drug-likeness (QED) is 0.777. The second-order valence-electron chi connectivity index (χ2n) is 4.54. The van der Waals surface area contributed by atoms with E-state index >= 15 is 0 Å². The van der Waals surface area contributed by atoms with E-state index in [0.29, 0.717) is 12.2 Å². The lowest BCUT2D eigenvalue weighted by Gasteiger charge is -2.12. The zero-order valence-electron chi connectivity index (χ0n) is 11.2. The Morgan fingerprint density at radius 3 is 2.83 bits per heavy atom. The van der Waals surface area contributed by atoms with Gasteiger partial charge in [0.25, 0.3) is 0 Å². The highest BCUT2D eigenvalue weighted by atomic mass is 32.2. The van der Waals surface area contributed by atoms with E-state index in [9.17, 15) is 4.79 Å². The summed E-state index contributed by atoms with van der Waals surface area (Å²) in [4.78, 5) is 12.8. The lowest BCUT2D eigenvalue weighted by molar-refractivity contribution is -0.119. The first-order chi connectivity index (χ1) is 8.52. The molecule has 0 heterocycles. The van der Waals surface area contributed by atoms with Crippen molar-refractivity contribution in [3.8, 4) is 0 Å². The lowest BCUT2D eigenvalue weighted by atomic mass is 10.2. The molecule has 1 unspecified atom stereocenters. The Hall–Kier alpha value is -1.00. The minimum atomic E-state index is 0.0156. The van der Waals surface area contributed by atoms with Crippen LogP contribution in [0.15, 0.2) is 23.1 Å². The van der Waals surface area contributed by atoms with Gasteiger partial charge in [0.1, 0.15) is 0 Å². The molecule has 0 aliphatic rings. The molecule has 1 aromatic carbocycles. The van der Waals surface area contributed by atoms with Gasteiger partial charge >= 0.3 is 0 Å². The van der Waals surface area contributed by atoms with Gasteiger partial charge in [-0.15, -0.1) is 11.8 Å². The number of carbonyl (C=O) groups is 1. The van der Waals surface area contributed by atoms with Crippen molar-refractivity contribution in [2.24, 2.45) is 0 Å². The van der Waals surface area contributed by atoms with E-state index < -0.39 is 0 Å². The van der Waals surface area contributed by atoms with E-state index in [-0.39, 0.29) is 18.6 Å². The topological polar surface area (TPSA) is 49.3 Å². The Morgan fingerprint density at radius 1 is 1.44 bits per heavy atom. The molecule has 1 atom stereocenters. The van der Waals surface area contributed by atoms with Gasteiger partial charge in [-0.05, 0) is 38.8 Å². The second kappa shape index (κ2) is 7.44. The van der Waals surface area contributed by atoms with E-state index in [1.165, 1.54) is 11.1 Å². The molecule has 0 saturated carbocycles. The van der Waals surface area contributed by atoms with Gasteiger partial charge in [-0.3, -0.25) is 4.79 Å². The van der Waals surface area contributed by atoms with Crippen molar-refractivity contribution in [2.45, 2.75) is 38.1 Å². The summed E-state index contributed by atoms with van der Waals surface area (Å²) in [5, 5.41) is 11.6. The molecule has 0 aliphatic carbocycles. The predicted octanol–water partition coefficient (Wildman–Crippen LogP) is 2.28. The van der Waals surface area contributed by atoms with Crippen LogP contribution in [0.2, 0.25) is 0 Å². The van der Waals surface area contributed by atoms with Gasteiger partial charge in [-0.25, -0.2) is 0 Å². The summed E-state index contributed by atoms with van der Waals surface area (Å²) in [5.41, 5.74) is 2.40. The number of hydrogen-bond donors (Lipinski definition) is 2. The molecule has 0 fully saturated rings. The maximum absolute atomic E-state index is 11.7. The molecule has 0 radical (unpaired) electrons. The third-order valence-corrected chi connectivity index (χ3v) is 3.83. The number of benzene rings is 1. The summed E-state index contributed by atoms with van der Waals surface area (Å²) in [5.74, 6) is 0.432. The fraction of sp³-hybridized carbons (Fsp3) is 0.500. The van der Waals surface area contributed by atoms with Gasteiger partial charge in [0.05, 0.1) is 5.75 Å². The van der Waals surface area contributed by atoms with Gasteiger partial charge in [0, 0.05) is 17.5 Å². The van der Waals surface area contributed by atoms with Crippen LogP contribution >= 0.6 is 11.8 Å². The Labute approximate surface area is 113 Å².